The fourth-order valence-corrected chi connectivity index (χ4v) is 6.33. The molecular formula is C33H28FN5O3S. The Kier molecular flexibility index (Phi) is 8.19. The first-order valence-corrected chi connectivity index (χ1v) is 14.7. The average molecular weight is 594 g/mol. The zero-order valence-electron chi connectivity index (χ0n) is 23.3. The average Bonchev–Trinajstić information content (AvgIpc) is 3.37. The van der Waals surface area contributed by atoms with Crippen LogP contribution >= 0.6 is 11.8 Å². The van der Waals surface area contributed by atoms with E-state index in [1.54, 1.807) is 36.2 Å². The molecule has 1 aliphatic heterocycles. The van der Waals surface area contributed by atoms with Gasteiger partial charge in [0.25, 0.3) is 0 Å². The number of carbonyl (C=O) groups is 2. The first-order chi connectivity index (χ1) is 21.0. The highest BCUT2D eigenvalue weighted by Crippen LogP contribution is 2.50. The van der Waals surface area contributed by atoms with Gasteiger partial charge < -0.3 is 10.1 Å². The van der Waals surface area contributed by atoms with E-state index in [0.29, 0.717) is 28.6 Å². The van der Waals surface area contributed by atoms with E-state index in [2.05, 4.69) is 10.3 Å². The molecule has 5 aromatic rings. The number of anilines is 1. The number of halogens is 1. The van der Waals surface area contributed by atoms with Crippen LogP contribution in [0.4, 0.5) is 10.2 Å². The number of hydrogen-bond donors (Lipinski definition) is 1. The molecule has 0 aliphatic carbocycles. The number of aromatic nitrogens is 3. The molecule has 6 rings (SSSR count). The number of pyridine rings is 1. The summed E-state index contributed by atoms with van der Waals surface area (Å²) in [5.41, 5.74) is 4.38. The highest BCUT2D eigenvalue weighted by molar-refractivity contribution is 8.00. The van der Waals surface area contributed by atoms with E-state index in [1.165, 1.54) is 28.8 Å². The Morgan fingerprint density at radius 3 is 2.49 bits per heavy atom. The van der Waals surface area contributed by atoms with Crippen molar-refractivity contribution in [2.45, 2.75) is 11.8 Å². The van der Waals surface area contributed by atoms with Crippen molar-refractivity contribution >= 4 is 29.4 Å². The number of nitrogens with one attached hydrogen (secondary N) is 1. The summed E-state index contributed by atoms with van der Waals surface area (Å²) in [5.74, 6) is 0.244. The van der Waals surface area contributed by atoms with Crippen molar-refractivity contribution in [3.05, 3.63) is 126 Å². The van der Waals surface area contributed by atoms with Crippen LogP contribution in [0.25, 0.3) is 16.9 Å². The van der Waals surface area contributed by atoms with Crippen LogP contribution in [0.15, 0.2) is 103 Å². The maximum Gasteiger partial charge on any atom is 0.240 e. The summed E-state index contributed by atoms with van der Waals surface area (Å²) < 4.78 is 21.4. The SMILES string of the molecule is COc1ccccc1[C@@H]1SCC(=O)N(CC(=O)NCc2ccccn2)c2c1c(-c1ccccc1)nn2-c1ccc(F)cc1. The van der Waals surface area contributed by atoms with Crippen molar-refractivity contribution in [2.75, 3.05) is 24.3 Å². The number of methoxy groups -OCH3 is 1. The van der Waals surface area contributed by atoms with Gasteiger partial charge in [0.1, 0.15) is 23.9 Å². The summed E-state index contributed by atoms with van der Waals surface area (Å²) in [6.45, 7) is -0.0152. The maximum absolute atomic E-state index is 14.0. The van der Waals surface area contributed by atoms with Gasteiger partial charge in [0.15, 0.2) is 0 Å². The van der Waals surface area contributed by atoms with Gasteiger partial charge in [0, 0.05) is 22.9 Å². The van der Waals surface area contributed by atoms with Gasteiger partial charge in [-0.05, 0) is 42.5 Å². The summed E-state index contributed by atoms with van der Waals surface area (Å²) in [6.07, 6.45) is 1.66. The maximum atomic E-state index is 14.0. The molecule has 2 amide bonds. The summed E-state index contributed by atoms with van der Waals surface area (Å²) in [4.78, 5) is 33.0. The predicted octanol–water partition coefficient (Wildman–Crippen LogP) is 5.57. The number of carbonyl (C=O) groups excluding carboxylic acids is 2. The van der Waals surface area contributed by atoms with E-state index in [9.17, 15) is 14.0 Å². The number of amides is 2. The van der Waals surface area contributed by atoms with Gasteiger partial charge in [-0.15, -0.1) is 11.8 Å². The molecule has 2 aromatic heterocycles. The molecule has 0 unspecified atom stereocenters. The van der Waals surface area contributed by atoms with Gasteiger partial charge in [-0.1, -0.05) is 54.6 Å². The van der Waals surface area contributed by atoms with E-state index in [1.807, 2.05) is 66.7 Å². The number of rotatable bonds is 8. The molecule has 0 radical (unpaired) electrons. The van der Waals surface area contributed by atoms with Crippen LogP contribution < -0.4 is 15.0 Å². The molecule has 0 saturated carbocycles. The molecule has 0 fully saturated rings. The standard InChI is InChI=1S/C33H28FN5O3S/c1-42-27-13-6-5-12-26(27)32-30-31(22-9-3-2-4-10-22)37-39(25-16-14-23(34)15-17-25)33(30)38(29(41)21-43-32)20-28(40)36-19-24-11-7-8-18-35-24/h2-18,32H,19-21H2,1H3,(H,36,40)/t32-/m0/s1. The number of thioether (sulfide) groups is 1. The normalized spacial score (nSPS) is 14.6. The third-order valence-corrected chi connectivity index (χ3v) is 8.36. The van der Waals surface area contributed by atoms with Gasteiger partial charge in [0.2, 0.25) is 11.8 Å². The molecule has 1 aliphatic rings. The molecule has 1 atom stereocenters. The monoisotopic (exact) mass is 593 g/mol. The van der Waals surface area contributed by atoms with E-state index in [4.69, 9.17) is 9.84 Å². The lowest BCUT2D eigenvalue weighted by molar-refractivity contribution is -0.123. The molecule has 1 N–H and O–H groups in total. The van der Waals surface area contributed by atoms with Crippen molar-refractivity contribution in [3.8, 4) is 22.7 Å². The lowest BCUT2D eigenvalue weighted by atomic mass is 9.99. The first kappa shape index (κ1) is 28.2. The van der Waals surface area contributed by atoms with Gasteiger partial charge in [-0.2, -0.15) is 5.10 Å². The molecule has 3 heterocycles. The fraction of sp³-hybridized carbons (Fsp3) is 0.152. The van der Waals surface area contributed by atoms with E-state index >= 15 is 0 Å². The topological polar surface area (TPSA) is 89.3 Å². The largest absolute Gasteiger partial charge is 0.496 e. The van der Waals surface area contributed by atoms with Crippen LogP contribution in [0.5, 0.6) is 5.75 Å². The van der Waals surface area contributed by atoms with Crippen LogP contribution in [-0.2, 0) is 16.1 Å². The third kappa shape index (κ3) is 5.87. The Labute approximate surface area is 252 Å². The Bertz CT molecular complexity index is 1750. The van der Waals surface area contributed by atoms with E-state index in [-0.39, 0.29) is 35.9 Å². The third-order valence-electron chi connectivity index (χ3n) is 7.12. The molecule has 43 heavy (non-hydrogen) atoms. The highest BCUT2D eigenvalue weighted by atomic mass is 32.2. The number of para-hydroxylation sites is 1. The van der Waals surface area contributed by atoms with Crippen LogP contribution in [0.1, 0.15) is 22.1 Å². The molecule has 10 heteroatoms. The number of hydrogen-bond acceptors (Lipinski definition) is 6. The van der Waals surface area contributed by atoms with Gasteiger partial charge >= 0.3 is 0 Å². The minimum atomic E-state index is -0.394. The van der Waals surface area contributed by atoms with Crippen molar-refractivity contribution in [1.82, 2.24) is 20.1 Å². The Morgan fingerprint density at radius 2 is 1.74 bits per heavy atom. The molecule has 0 spiro atoms. The second kappa shape index (κ2) is 12.5. The van der Waals surface area contributed by atoms with Crippen molar-refractivity contribution in [2.24, 2.45) is 0 Å². The summed E-state index contributed by atoms with van der Waals surface area (Å²) >= 11 is 1.45. The van der Waals surface area contributed by atoms with Crippen LogP contribution in [0, 0.1) is 5.82 Å². The van der Waals surface area contributed by atoms with Crippen molar-refractivity contribution < 1.29 is 18.7 Å². The smallest absolute Gasteiger partial charge is 0.240 e. The molecule has 0 bridgehead atoms. The van der Waals surface area contributed by atoms with Gasteiger partial charge in [-0.3, -0.25) is 19.5 Å². The molecule has 3 aromatic carbocycles. The molecule has 216 valence electrons. The minimum absolute atomic E-state index is 0.114. The number of ether oxygens (including phenoxy) is 1. The predicted molar refractivity (Wildman–Crippen MR) is 165 cm³/mol. The number of nitrogens with zero attached hydrogens (tertiary/aromatic N) is 4. The Morgan fingerprint density at radius 1 is 1.00 bits per heavy atom. The van der Waals surface area contributed by atoms with Gasteiger partial charge in [-0.25, -0.2) is 9.07 Å². The lowest BCUT2D eigenvalue weighted by Gasteiger charge is -2.23. The van der Waals surface area contributed by atoms with Crippen molar-refractivity contribution in [3.63, 3.8) is 0 Å². The Hall–Kier alpha value is -4.96. The summed E-state index contributed by atoms with van der Waals surface area (Å²) in [6, 6.07) is 28.8. The summed E-state index contributed by atoms with van der Waals surface area (Å²) in [5, 5.41) is 7.55. The number of fused-ring (bicyclic) bond motifs is 1. The van der Waals surface area contributed by atoms with Crippen molar-refractivity contribution in [1.29, 1.82) is 0 Å². The zero-order valence-corrected chi connectivity index (χ0v) is 24.1. The minimum Gasteiger partial charge on any atom is -0.496 e. The molecule has 0 saturated heterocycles. The second-order valence-corrected chi connectivity index (χ2v) is 10.9. The number of benzene rings is 3. The van der Waals surface area contributed by atoms with Gasteiger partial charge in [0.05, 0.1) is 41.7 Å². The highest BCUT2D eigenvalue weighted by Gasteiger charge is 2.38. The summed E-state index contributed by atoms with van der Waals surface area (Å²) in [7, 11) is 1.62. The second-order valence-electron chi connectivity index (χ2n) is 9.85. The van der Waals surface area contributed by atoms with E-state index < -0.39 is 5.82 Å². The van der Waals surface area contributed by atoms with Crippen LogP contribution in [-0.4, -0.2) is 46.0 Å². The molecular weight excluding hydrogens is 565 g/mol. The Balaban J connectivity index is 1.53. The molecule has 8 nitrogen and oxygen atoms in total. The fourth-order valence-electron chi connectivity index (χ4n) is 5.11. The zero-order chi connectivity index (χ0) is 29.8. The quantitative estimate of drug-likeness (QED) is 0.253. The lowest BCUT2D eigenvalue weighted by Crippen LogP contribution is -2.42. The van der Waals surface area contributed by atoms with E-state index in [0.717, 1.165) is 16.7 Å². The van der Waals surface area contributed by atoms with Crippen LogP contribution in [0.3, 0.4) is 0 Å². The van der Waals surface area contributed by atoms with Crippen LogP contribution in [0.2, 0.25) is 0 Å². The first-order valence-electron chi connectivity index (χ1n) is 13.7.